The second kappa shape index (κ2) is 8.84. The maximum atomic E-state index is 13.0. The van der Waals surface area contributed by atoms with Crippen LogP contribution in [0.25, 0.3) is 0 Å². The van der Waals surface area contributed by atoms with E-state index in [1.165, 1.54) is 12.1 Å². The molecule has 0 aliphatic carbocycles. The summed E-state index contributed by atoms with van der Waals surface area (Å²) < 4.78 is 18.0. The molecule has 2 rings (SSSR count). The molecule has 1 amide bonds. The number of carbonyl (C=O) groups is 1. The summed E-state index contributed by atoms with van der Waals surface area (Å²) in [5.74, 6) is -0.0530. The molecule has 0 saturated carbocycles. The molecular weight excluding hydrogens is 297 g/mol. The van der Waals surface area contributed by atoms with Crippen LogP contribution >= 0.6 is 0 Å². The van der Waals surface area contributed by atoms with Crippen LogP contribution in [0.1, 0.15) is 6.42 Å². The monoisotopic (exact) mass is 323 g/mol. The number of rotatable bonds is 7. The minimum atomic E-state index is -0.223. The van der Waals surface area contributed by atoms with Crippen LogP contribution in [0.3, 0.4) is 0 Å². The van der Waals surface area contributed by atoms with Crippen LogP contribution in [0.2, 0.25) is 0 Å². The first-order chi connectivity index (χ1) is 11.1. The largest absolute Gasteiger partial charge is 0.385 e. The second-order valence-electron chi connectivity index (χ2n) is 5.93. The average Bonchev–Trinajstić information content (AvgIpc) is 2.56. The number of carbonyl (C=O) groups excluding carboxylic acids is 1. The molecule has 5 nitrogen and oxygen atoms in total. The molecule has 0 aromatic heterocycles. The van der Waals surface area contributed by atoms with Crippen molar-refractivity contribution in [1.82, 2.24) is 9.80 Å². The Morgan fingerprint density at radius 1 is 1.22 bits per heavy atom. The van der Waals surface area contributed by atoms with Crippen molar-refractivity contribution in [3.8, 4) is 0 Å². The van der Waals surface area contributed by atoms with Gasteiger partial charge in [0.05, 0.1) is 6.54 Å². The van der Waals surface area contributed by atoms with E-state index in [0.29, 0.717) is 19.6 Å². The first-order valence-corrected chi connectivity index (χ1v) is 8.06. The summed E-state index contributed by atoms with van der Waals surface area (Å²) in [6, 6.07) is 6.52. The third kappa shape index (κ3) is 5.48. The maximum Gasteiger partial charge on any atom is 0.236 e. The molecule has 1 aliphatic heterocycles. The van der Waals surface area contributed by atoms with E-state index in [9.17, 15) is 9.18 Å². The van der Waals surface area contributed by atoms with Crippen molar-refractivity contribution in [1.29, 1.82) is 0 Å². The van der Waals surface area contributed by atoms with Gasteiger partial charge in [0.1, 0.15) is 5.82 Å². The molecule has 1 aromatic carbocycles. The van der Waals surface area contributed by atoms with Crippen LogP contribution in [0.15, 0.2) is 24.3 Å². The van der Waals surface area contributed by atoms with Crippen LogP contribution in [0.4, 0.5) is 10.1 Å². The number of ether oxygens (including phenoxy) is 1. The molecule has 1 aliphatic rings. The summed E-state index contributed by atoms with van der Waals surface area (Å²) in [6.45, 7) is 5.00. The number of methoxy groups -OCH3 is 1. The molecule has 0 spiro atoms. The SMILES string of the molecule is COCCCN(C)CC(=O)N1CCN(c2ccc(F)cc2)CC1. The zero-order valence-electron chi connectivity index (χ0n) is 14.0. The molecule has 1 fully saturated rings. The van der Waals surface area contributed by atoms with Crippen molar-refractivity contribution < 1.29 is 13.9 Å². The van der Waals surface area contributed by atoms with Gasteiger partial charge in [0, 0.05) is 52.1 Å². The molecule has 0 unspecified atom stereocenters. The van der Waals surface area contributed by atoms with Gasteiger partial charge in [-0.15, -0.1) is 0 Å². The minimum absolute atomic E-state index is 0.170. The van der Waals surface area contributed by atoms with Gasteiger partial charge in [-0.2, -0.15) is 0 Å². The lowest BCUT2D eigenvalue weighted by atomic mass is 10.2. The van der Waals surface area contributed by atoms with Crippen LogP contribution in [-0.2, 0) is 9.53 Å². The van der Waals surface area contributed by atoms with Crippen LogP contribution in [-0.4, -0.2) is 75.7 Å². The predicted molar refractivity (Wildman–Crippen MR) is 89.2 cm³/mol. The number of likely N-dealkylation sites (N-methyl/N-ethyl adjacent to an activating group) is 1. The van der Waals surface area contributed by atoms with E-state index in [4.69, 9.17) is 4.74 Å². The van der Waals surface area contributed by atoms with Crippen molar-refractivity contribution in [2.75, 3.05) is 64.9 Å². The van der Waals surface area contributed by atoms with Gasteiger partial charge in [0.15, 0.2) is 0 Å². The maximum absolute atomic E-state index is 13.0. The van der Waals surface area contributed by atoms with Gasteiger partial charge < -0.3 is 14.5 Å². The first-order valence-electron chi connectivity index (χ1n) is 8.06. The number of piperazine rings is 1. The number of benzene rings is 1. The third-order valence-electron chi connectivity index (χ3n) is 4.12. The highest BCUT2D eigenvalue weighted by Gasteiger charge is 2.21. The third-order valence-corrected chi connectivity index (χ3v) is 4.12. The zero-order chi connectivity index (χ0) is 16.7. The number of nitrogens with zero attached hydrogens (tertiary/aromatic N) is 3. The second-order valence-corrected chi connectivity index (χ2v) is 5.93. The molecule has 1 saturated heterocycles. The average molecular weight is 323 g/mol. The Bertz CT molecular complexity index is 487. The van der Waals surface area contributed by atoms with Gasteiger partial charge in [0.2, 0.25) is 5.91 Å². The standard InChI is InChI=1S/C17H26FN3O2/c1-19(8-3-13-23-2)14-17(22)21-11-9-20(10-12-21)16-6-4-15(18)5-7-16/h4-7H,3,8-14H2,1-2H3. The Kier molecular flexibility index (Phi) is 6.80. The smallest absolute Gasteiger partial charge is 0.236 e. The number of anilines is 1. The summed E-state index contributed by atoms with van der Waals surface area (Å²) in [5, 5.41) is 0. The Morgan fingerprint density at radius 3 is 2.48 bits per heavy atom. The van der Waals surface area contributed by atoms with E-state index in [1.54, 1.807) is 19.2 Å². The normalized spacial score (nSPS) is 15.3. The van der Waals surface area contributed by atoms with E-state index in [0.717, 1.165) is 38.3 Å². The molecule has 6 heteroatoms. The Balaban J connectivity index is 1.75. The minimum Gasteiger partial charge on any atom is -0.385 e. The van der Waals surface area contributed by atoms with Crippen molar-refractivity contribution in [3.63, 3.8) is 0 Å². The Labute approximate surface area is 137 Å². The number of amides is 1. The van der Waals surface area contributed by atoms with Crippen molar-refractivity contribution >= 4 is 11.6 Å². The van der Waals surface area contributed by atoms with Crippen LogP contribution in [0, 0.1) is 5.82 Å². The summed E-state index contributed by atoms with van der Waals surface area (Å²) in [7, 11) is 3.65. The topological polar surface area (TPSA) is 36.0 Å². The highest BCUT2D eigenvalue weighted by molar-refractivity contribution is 5.78. The molecule has 1 heterocycles. The van der Waals surface area contributed by atoms with E-state index < -0.39 is 0 Å². The Hall–Kier alpha value is -1.66. The fraction of sp³-hybridized carbons (Fsp3) is 0.588. The summed E-state index contributed by atoms with van der Waals surface area (Å²) in [4.78, 5) is 18.4. The lowest BCUT2D eigenvalue weighted by Crippen LogP contribution is -2.51. The molecule has 0 bridgehead atoms. The number of hydrogen-bond donors (Lipinski definition) is 0. The van der Waals surface area contributed by atoms with Gasteiger partial charge in [-0.3, -0.25) is 9.69 Å². The van der Waals surface area contributed by atoms with Gasteiger partial charge in [-0.1, -0.05) is 0 Å². The van der Waals surface area contributed by atoms with E-state index in [-0.39, 0.29) is 11.7 Å². The molecular formula is C17H26FN3O2. The van der Waals surface area contributed by atoms with Crippen LogP contribution < -0.4 is 4.90 Å². The zero-order valence-corrected chi connectivity index (χ0v) is 14.0. The fourth-order valence-electron chi connectivity index (χ4n) is 2.75. The molecule has 1 aromatic rings. The lowest BCUT2D eigenvalue weighted by Gasteiger charge is -2.36. The quantitative estimate of drug-likeness (QED) is 0.712. The molecule has 23 heavy (non-hydrogen) atoms. The molecule has 0 atom stereocenters. The number of halogens is 1. The molecule has 128 valence electrons. The number of hydrogen-bond acceptors (Lipinski definition) is 4. The summed E-state index contributed by atoms with van der Waals surface area (Å²) in [6.07, 6.45) is 0.929. The van der Waals surface area contributed by atoms with Gasteiger partial charge in [-0.25, -0.2) is 4.39 Å². The Morgan fingerprint density at radius 2 is 1.87 bits per heavy atom. The van der Waals surface area contributed by atoms with Crippen molar-refractivity contribution in [2.24, 2.45) is 0 Å². The van der Waals surface area contributed by atoms with E-state index in [2.05, 4.69) is 4.90 Å². The van der Waals surface area contributed by atoms with Gasteiger partial charge in [-0.05, 0) is 37.7 Å². The predicted octanol–water partition coefficient (Wildman–Crippen LogP) is 1.44. The van der Waals surface area contributed by atoms with Crippen LogP contribution in [0.5, 0.6) is 0 Å². The van der Waals surface area contributed by atoms with E-state index >= 15 is 0 Å². The van der Waals surface area contributed by atoms with Gasteiger partial charge in [0.25, 0.3) is 0 Å². The highest BCUT2D eigenvalue weighted by atomic mass is 19.1. The fourth-order valence-corrected chi connectivity index (χ4v) is 2.75. The lowest BCUT2D eigenvalue weighted by molar-refractivity contribution is -0.132. The van der Waals surface area contributed by atoms with E-state index in [1.807, 2.05) is 16.8 Å². The highest BCUT2D eigenvalue weighted by Crippen LogP contribution is 2.17. The summed E-state index contributed by atoms with van der Waals surface area (Å²) in [5.41, 5.74) is 1.01. The molecule has 0 N–H and O–H groups in total. The first kappa shape index (κ1) is 17.7. The molecule has 0 radical (unpaired) electrons. The summed E-state index contributed by atoms with van der Waals surface area (Å²) >= 11 is 0. The van der Waals surface area contributed by atoms with Gasteiger partial charge >= 0.3 is 0 Å². The van der Waals surface area contributed by atoms with Crippen molar-refractivity contribution in [3.05, 3.63) is 30.1 Å². The van der Waals surface area contributed by atoms with Crippen molar-refractivity contribution in [2.45, 2.75) is 6.42 Å².